The molecule has 1 amide bonds. The lowest BCUT2D eigenvalue weighted by Crippen LogP contribution is -2.44. The highest BCUT2D eigenvalue weighted by Crippen LogP contribution is 2.22. The zero-order valence-corrected chi connectivity index (χ0v) is 21.2. The number of ether oxygens (including phenoxy) is 1. The van der Waals surface area contributed by atoms with Crippen molar-refractivity contribution in [3.63, 3.8) is 0 Å². The molecular weight excluding hydrogens is 450 g/mol. The van der Waals surface area contributed by atoms with Crippen LogP contribution in [0.15, 0.2) is 60.7 Å². The zero-order chi connectivity index (χ0) is 24.9. The second-order valence-corrected chi connectivity index (χ2v) is 10.3. The summed E-state index contributed by atoms with van der Waals surface area (Å²) < 4.78 is 5.24. The first-order chi connectivity index (χ1) is 17.6. The molecule has 2 fully saturated rings. The molecule has 2 saturated heterocycles. The van der Waals surface area contributed by atoms with E-state index in [1.165, 1.54) is 21.9 Å². The summed E-state index contributed by atoms with van der Waals surface area (Å²) in [5.74, 6) is 0.671. The Kier molecular flexibility index (Phi) is 7.85. The summed E-state index contributed by atoms with van der Waals surface area (Å²) in [6, 6.07) is 21.1. The number of aliphatic hydroxyl groups is 1. The number of nitrogens with one attached hydrogen (secondary N) is 1. The molecule has 5 rings (SSSR count). The average Bonchev–Trinajstić information content (AvgIpc) is 2.91. The monoisotopic (exact) mass is 487 g/mol. The molecule has 6 nitrogen and oxygen atoms in total. The molecule has 2 aliphatic rings. The molecule has 36 heavy (non-hydrogen) atoms. The Morgan fingerprint density at radius 2 is 1.47 bits per heavy atom. The molecule has 0 aromatic heterocycles. The molecule has 190 valence electrons. The van der Waals surface area contributed by atoms with Crippen molar-refractivity contribution in [3.8, 4) is 5.75 Å². The van der Waals surface area contributed by atoms with Gasteiger partial charge in [-0.25, -0.2) is 0 Å². The van der Waals surface area contributed by atoms with Crippen molar-refractivity contribution in [1.29, 1.82) is 0 Å². The Hall–Kier alpha value is -2.93. The van der Waals surface area contributed by atoms with Crippen molar-refractivity contribution >= 4 is 16.7 Å². The number of hydrogen-bond acceptors (Lipinski definition) is 5. The summed E-state index contributed by atoms with van der Waals surface area (Å²) in [6.07, 6.45) is 3.53. The minimum absolute atomic E-state index is 0.0292. The number of rotatable bonds is 7. The molecule has 0 aliphatic carbocycles. The van der Waals surface area contributed by atoms with Crippen molar-refractivity contribution in [2.45, 2.75) is 50.9 Å². The number of benzene rings is 3. The number of nitrogens with zero attached hydrogens (tertiary/aromatic N) is 2. The van der Waals surface area contributed by atoms with E-state index in [4.69, 9.17) is 4.74 Å². The largest absolute Gasteiger partial charge is 0.497 e. The third-order valence-corrected chi connectivity index (χ3v) is 7.59. The molecule has 2 N–H and O–H groups in total. The van der Waals surface area contributed by atoms with Crippen molar-refractivity contribution in [1.82, 2.24) is 15.1 Å². The van der Waals surface area contributed by atoms with Gasteiger partial charge in [0.05, 0.1) is 13.2 Å². The van der Waals surface area contributed by atoms with E-state index in [1.807, 2.05) is 18.2 Å². The molecule has 0 saturated carbocycles. The van der Waals surface area contributed by atoms with E-state index in [2.05, 4.69) is 51.5 Å². The molecule has 0 unspecified atom stereocenters. The summed E-state index contributed by atoms with van der Waals surface area (Å²) in [7, 11) is 1.61. The van der Waals surface area contributed by atoms with Crippen molar-refractivity contribution < 1.29 is 14.6 Å². The lowest BCUT2D eigenvalue weighted by Gasteiger charge is -2.32. The van der Waals surface area contributed by atoms with Crippen molar-refractivity contribution in [3.05, 3.63) is 77.4 Å². The fourth-order valence-electron chi connectivity index (χ4n) is 5.40. The van der Waals surface area contributed by atoms with Gasteiger partial charge in [0.2, 0.25) is 0 Å². The van der Waals surface area contributed by atoms with Crippen LogP contribution in [0.1, 0.15) is 47.2 Å². The summed E-state index contributed by atoms with van der Waals surface area (Å²) in [6.45, 7) is 5.76. The van der Waals surface area contributed by atoms with Crippen molar-refractivity contribution in [2.24, 2.45) is 0 Å². The summed E-state index contributed by atoms with van der Waals surface area (Å²) in [5, 5.41) is 15.5. The van der Waals surface area contributed by atoms with Gasteiger partial charge < -0.3 is 15.2 Å². The third-order valence-electron chi connectivity index (χ3n) is 7.59. The Labute approximate surface area is 213 Å². The molecule has 0 atom stereocenters. The first-order valence-corrected chi connectivity index (χ1v) is 13.1. The topological polar surface area (TPSA) is 65.0 Å². The quantitative estimate of drug-likeness (QED) is 0.523. The second-order valence-electron chi connectivity index (χ2n) is 10.3. The van der Waals surface area contributed by atoms with Crippen LogP contribution in [0, 0.1) is 0 Å². The highest BCUT2D eigenvalue weighted by molar-refractivity contribution is 5.94. The molecule has 3 aromatic carbocycles. The second kappa shape index (κ2) is 11.4. The smallest absolute Gasteiger partial charge is 0.251 e. The van der Waals surface area contributed by atoms with Crippen LogP contribution in [0.4, 0.5) is 0 Å². The normalized spacial score (nSPS) is 18.4. The Balaban J connectivity index is 1.14. The van der Waals surface area contributed by atoms with Crippen LogP contribution in [0.3, 0.4) is 0 Å². The number of amides is 1. The van der Waals surface area contributed by atoms with E-state index in [0.29, 0.717) is 11.3 Å². The van der Waals surface area contributed by atoms with Gasteiger partial charge >= 0.3 is 0 Å². The number of carbonyl (C=O) groups excluding carboxylic acids is 1. The fourth-order valence-corrected chi connectivity index (χ4v) is 5.40. The van der Waals surface area contributed by atoms with Gasteiger partial charge in [0.1, 0.15) is 5.75 Å². The molecule has 2 aliphatic heterocycles. The maximum atomic E-state index is 12.7. The molecule has 2 heterocycles. The molecule has 0 spiro atoms. The Morgan fingerprint density at radius 3 is 2.08 bits per heavy atom. The number of hydrogen-bond donors (Lipinski definition) is 2. The molecule has 0 radical (unpaired) electrons. The standard InChI is InChI=1S/C30H37N3O3/c1-36-29-4-2-3-25(19-29)30(35)31-27-9-13-32(14-10-27)20-22-5-7-24-8-6-23(18-26(24)17-22)21-33-15-11-28(34)12-16-33/h2-8,17-19,27-28,34H,9-16,20-21H2,1H3,(H,31,35). The van der Waals surface area contributed by atoms with E-state index in [-0.39, 0.29) is 18.1 Å². The number of aliphatic hydroxyl groups excluding tert-OH is 1. The first-order valence-electron chi connectivity index (χ1n) is 13.1. The number of methoxy groups -OCH3 is 1. The van der Waals surface area contributed by atoms with Gasteiger partial charge in [-0.1, -0.05) is 30.3 Å². The molecular formula is C30H37N3O3. The molecule has 6 heteroatoms. The Morgan fingerprint density at radius 1 is 0.861 bits per heavy atom. The first kappa shape index (κ1) is 24.8. The number of piperidine rings is 2. The Bertz CT molecular complexity index is 1180. The van der Waals surface area contributed by atoms with E-state index < -0.39 is 0 Å². The van der Waals surface area contributed by atoms with Gasteiger partial charge in [0, 0.05) is 50.9 Å². The van der Waals surface area contributed by atoms with Crippen LogP contribution in [-0.4, -0.2) is 66.2 Å². The number of likely N-dealkylation sites (tertiary alicyclic amines) is 2. The van der Waals surface area contributed by atoms with E-state index in [9.17, 15) is 9.90 Å². The van der Waals surface area contributed by atoms with Crippen molar-refractivity contribution in [2.75, 3.05) is 33.3 Å². The molecule has 3 aromatic rings. The third kappa shape index (κ3) is 6.25. The van der Waals surface area contributed by atoms with Crippen LogP contribution < -0.4 is 10.1 Å². The predicted octanol–water partition coefficient (Wildman–Crippen LogP) is 4.20. The summed E-state index contributed by atoms with van der Waals surface area (Å²) >= 11 is 0. The predicted molar refractivity (Wildman–Crippen MR) is 143 cm³/mol. The minimum atomic E-state index is -0.130. The number of fused-ring (bicyclic) bond motifs is 1. The molecule has 0 bridgehead atoms. The van der Waals surface area contributed by atoms with Gasteiger partial charge in [-0.05, 0) is 77.9 Å². The minimum Gasteiger partial charge on any atom is -0.497 e. The van der Waals surface area contributed by atoms with Crippen LogP contribution in [-0.2, 0) is 13.1 Å². The van der Waals surface area contributed by atoms with Gasteiger partial charge in [-0.15, -0.1) is 0 Å². The van der Waals surface area contributed by atoms with Crippen LogP contribution >= 0.6 is 0 Å². The summed E-state index contributed by atoms with van der Waals surface area (Å²) in [5.41, 5.74) is 3.31. The zero-order valence-electron chi connectivity index (χ0n) is 21.2. The highest BCUT2D eigenvalue weighted by atomic mass is 16.5. The van der Waals surface area contributed by atoms with E-state index in [1.54, 1.807) is 13.2 Å². The summed E-state index contributed by atoms with van der Waals surface area (Å²) in [4.78, 5) is 17.6. The van der Waals surface area contributed by atoms with Crippen LogP contribution in [0.25, 0.3) is 10.8 Å². The van der Waals surface area contributed by atoms with Crippen LogP contribution in [0.2, 0.25) is 0 Å². The van der Waals surface area contributed by atoms with E-state index >= 15 is 0 Å². The highest BCUT2D eigenvalue weighted by Gasteiger charge is 2.22. The lowest BCUT2D eigenvalue weighted by molar-refractivity contribution is 0.0792. The van der Waals surface area contributed by atoms with Gasteiger partial charge in [0.15, 0.2) is 0 Å². The lowest BCUT2D eigenvalue weighted by atomic mass is 10.0. The van der Waals surface area contributed by atoms with E-state index in [0.717, 1.165) is 65.0 Å². The van der Waals surface area contributed by atoms with Gasteiger partial charge in [-0.2, -0.15) is 0 Å². The maximum Gasteiger partial charge on any atom is 0.251 e. The van der Waals surface area contributed by atoms with Gasteiger partial charge in [-0.3, -0.25) is 14.6 Å². The average molecular weight is 488 g/mol. The maximum absolute atomic E-state index is 12.7. The van der Waals surface area contributed by atoms with Gasteiger partial charge in [0.25, 0.3) is 5.91 Å². The van der Waals surface area contributed by atoms with Crippen LogP contribution in [0.5, 0.6) is 5.75 Å². The SMILES string of the molecule is COc1cccc(C(=O)NC2CCN(Cc3ccc4ccc(CN5CCC(O)CC5)cc4c3)CC2)c1. The fraction of sp³-hybridized carbons (Fsp3) is 0.433. The number of carbonyl (C=O) groups is 1.